The predicted molar refractivity (Wildman–Crippen MR) is 50.1 cm³/mol. The highest BCUT2D eigenvalue weighted by molar-refractivity contribution is 7.97. The normalized spacial score (nSPS) is 10.2. The van der Waals surface area contributed by atoms with Crippen molar-refractivity contribution in [2.75, 3.05) is 13.4 Å². The zero-order valence-corrected chi connectivity index (χ0v) is 8.25. The van der Waals surface area contributed by atoms with Gasteiger partial charge in [0.1, 0.15) is 5.82 Å². The molecule has 0 N–H and O–H groups in total. The van der Waals surface area contributed by atoms with Gasteiger partial charge in [-0.15, -0.1) is 0 Å². The van der Waals surface area contributed by atoms with Crippen molar-refractivity contribution in [1.82, 2.24) is 0 Å². The fourth-order valence-corrected chi connectivity index (χ4v) is 1.52. The van der Waals surface area contributed by atoms with E-state index < -0.39 is 11.6 Å². The molecule has 0 radical (unpaired) electrons. The number of ether oxygens (including phenoxy) is 1. The van der Waals surface area contributed by atoms with Crippen molar-refractivity contribution in [2.24, 2.45) is 0 Å². The molecule has 0 aromatic heterocycles. The lowest BCUT2D eigenvalue weighted by Crippen LogP contribution is -1.94. The van der Waals surface area contributed by atoms with Crippen LogP contribution in [0.25, 0.3) is 0 Å². The molecule has 72 valence electrons. The first kappa shape index (κ1) is 10.3. The van der Waals surface area contributed by atoms with Crippen molar-refractivity contribution in [2.45, 2.75) is 5.75 Å². The third kappa shape index (κ3) is 2.34. The zero-order chi connectivity index (χ0) is 9.84. The fraction of sp³-hybridized carbons (Fsp3) is 0.333. The van der Waals surface area contributed by atoms with Gasteiger partial charge in [0.2, 0.25) is 0 Å². The highest BCUT2D eigenvalue weighted by atomic mass is 32.2. The zero-order valence-electron chi connectivity index (χ0n) is 7.43. The molecule has 0 spiro atoms. The Hall–Kier alpha value is -0.770. The molecule has 4 heteroatoms. The summed E-state index contributed by atoms with van der Waals surface area (Å²) in [7, 11) is 1.31. The molecule has 0 saturated heterocycles. The van der Waals surface area contributed by atoms with E-state index in [1.54, 1.807) is 0 Å². The first-order valence-corrected chi connectivity index (χ1v) is 5.09. The van der Waals surface area contributed by atoms with Crippen LogP contribution in [0.5, 0.6) is 5.75 Å². The smallest absolute Gasteiger partial charge is 0.165 e. The molecule has 13 heavy (non-hydrogen) atoms. The maximum atomic E-state index is 13.1. The Morgan fingerprint density at radius 1 is 1.31 bits per heavy atom. The van der Waals surface area contributed by atoms with Crippen LogP contribution in [0.15, 0.2) is 12.1 Å². The number of hydrogen-bond donors (Lipinski definition) is 0. The molecule has 0 amide bonds. The summed E-state index contributed by atoms with van der Waals surface area (Å²) in [6.07, 6.45) is 1.83. The Labute approximate surface area is 80.1 Å². The fourth-order valence-electron chi connectivity index (χ4n) is 0.992. The summed E-state index contributed by atoms with van der Waals surface area (Å²) in [6.45, 7) is 0. The number of halogens is 2. The standard InChI is InChI=1S/C9H10F2OS/c1-12-9-4-7(10)6(5-13-2)3-8(9)11/h3-4H,5H2,1-2H3. The minimum absolute atomic E-state index is 0.0534. The predicted octanol–water partition coefficient (Wildman–Crippen LogP) is 2.84. The molecule has 0 aliphatic carbocycles. The van der Waals surface area contributed by atoms with Crippen molar-refractivity contribution in [1.29, 1.82) is 0 Å². The summed E-state index contributed by atoms with van der Waals surface area (Å²) < 4.78 is 30.8. The van der Waals surface area contributed by atoms with Crippen LogP contribution in [0.1, 0.15) is 5.56 Å². The summed E-state index contributed by atoms with van der Waals surface area (Å²) in [5, 5.41) is 0. The van der Waals surface area contributed by atoms with Crippen LogP contribution in [0, 0.1) is 11.6 Å². The van der Waals surface area contributed by atoms with E-state index in [4.69, 9.17) is 0 Å². The monoisotopic (exact) mass is 204 g/mol. The van der Waals surface area contributed by atoms with Crippen LogP contribution >= 0.6 is 11.8 Å². The minimum atomic E-state index is -0.520. The molecule has 0 bridgehead atoms. The third-order valence-electron chi connectivity index (χ3n) is 1.62. The number of thioether (sulfide) groups is 1. The van der Waals surface area contributed by atoms with Crippen LogP contribution in [-0.2, 0) is 5.75 Å². The largest absolute Gasteiger partial charge is 0.494 e. The minimum Gasteiger partial charge on any atom is -0.494 e. The molecule has 0 aliphatic heterocycles. The highest BCUT2D eigenvalue weighted by Gasteiger charge is 2.09. The third-order valence-corrected chi connectivity index (χ3v) is 2.22. The van der Waals surface area contributed by atoms with Gasteiger partial charge < -0.3 is 4.74 Å². The Morgan fingerprint density at radius 3 is 2.54 bits per heavy atom. The Morgan fingerprint density at radius 2 is 2.00 bits per heavy atom. The highest BCUT2D eigenvalue weighted by Crippen LogP contribution is 2.23. The molecule has 0 unspecified atom stereocenters. The maximum Gasteiger partial charge on any atom is 0.165 e. The molecule has 1 rings (SSSR count). The summed E-state index contributed by atoms with van der Waals surface area (Å²) in [5.41, 5.74) is 0.366. The van der Waals surface area contributed by atoms with Gasteiger partial charge in [0.05, 0.1) is 7.11 Å². The lowest BCUT2D eigenvalue weighted by molar-refractivity contribution is 0.382. The van der Waals surface area contributed by atoms with Crippen molar-refractivity contribution >= 4 is 11.8 Å². The number of hydrogen-bond acceptors (Lipinski definition) is 2. The van der Waals surface area contributed by atoms with Gasteiger partial charge in [-0.3, -0.25) is 0 Å². The summed E-state index contributed by atoms with van der Waals surface area (Å²) in [6, 6.07) is 2.24. The van der Waals surface area contributed by atoms with E-state index >= 15 is 0 Å². The number of rotatable bonds is 3. The van der Waals surface area contributed by atoms with Crippen LogP contribution in [0.4, 0.5) is 8.78 Å². The quantitative estimate of drug-likeness (QED) is 0.748. The lowest BCUT2D eigenvalue weighted by Gasteiger charge is -2.05. The molecule has 1 nitrogen and oxygen atoms in total. The van der Waals surface area contributed by atoms with Crippen LogP contribution in [-0.4, -0.2) is 13.4 Å². The van der Waals surface area contributed by atoms with E-state index in [0.717, 1.165) is 6.07 Å². The molecular formula is C9H10F2OS. The molecule has 0 heterocycles. The van der Waals surface area contributed by atoms with Crippen LogP contribution in [0.2, 0.25) is 0 Å². The molecule has 0 saturated carbocycles. The van der Waals surface area contributed by atoms with Gasteiger partial charge in [0, 0.05) is 17.4 Å². The average molecular weight is 204 g/mol. The van der Waals surface area contributed by atoms with Crippen LogP contribution < -0.4 is 4.74 Å². The summed E-state index contributed by atoms with van der Waals surface area (Å²) >= 11 is 1.44. The SMILES string of the molecule is COc1cc(F)c(CSC)cc1F. The van der Waals surface area contributed by atoms with Gasteiger partial charge in [0.15, 0.2) is 11.6 Å². The van der Waals surface area contributed by atoms with Gasteiger partial charge in [-0.2, -0.15) is 11.8 Å². The van der Waals surface area contributed by atoms with E-state index in [2.05, 4.69) is 4.74 Å². The summed E-state index contributed by atoms with van der Waals surface area (Å²) in [4.78, 5) is 0. The number of benzene rings is 1. The Balaban J connectivity index is 3.05. The van der Waals surface area contributed by atoms with Crippen molar-refractivity contribution in [3.8, 4) is 5.75 Å². The average Bonchev–Trinajstić information content (AvgIpc) is 2.11. The van der Waals surface area contributed by atoms with Crippen molar-refractivity contribution in [3.63, 3.8) is 0 Å². The van der Waals surface area contributed by atoms with E-state index in [1.165, 1.54) is 24.9 Å². The van der Waals surface area contributed by atoms with Gasteiger partial charge in [0.25, 0.3) is 0 Å². The van der Waals surface area contributed by atoms with Gasteiger partial charge in [-0.05, 0) is 12.3 Å². The van der Waals surface area contributed by atoms with Gasteiger partial charge in [-0.1, -0.05) is 0 Å². The second-order valence-electron chi connectivity index (χ2n) is 2.51. The van der Waals surface area contributed by atoms with E-state index in [9.17, 15) is 8.78 Å². The molecule has 1 aromatic carbocycles. The molecule has 1 aromatic rings. The first-order chi connectivity index (χ1) is 6.19. The molecule has 0 fully saturated rings. The first-order valence-electron chi connectivity index (χ1n) is 3.70. The Kier molecular flexibility index (Phi) is 3.54. The molecule has 0 aliphatic rings. The topological polar surface area (TPSA) is 9.23 Å². The summed E-state index contributed by atoms with van der Waals surface area (Å²) in [5.74, 6) is -0.532. The second kappa shape index (κ2) is 4.46. The molecule has 0 atom stereocenters. The van der Waals surface area contributed by atoms with E-state index in [1.807, 2.05) is 6.26 Å². The molecular weight excluding hydrogens is 194 g/mol. The Bertz CT molecular complexity index is 302. The van der Waals surface area contributed by atoms with E-state index in [0.29, 0.717) is 11.3 Å². The van der Waals surface area contributed by atoms with E-state index in [-0.39, 0.29) is 5.75 Å². The maximum absolute atomic E-state index is 13.1. The second-order valence-corrected chi connectivity index (χ2v) is 3.38. The van der Waals surface area contributed by atoms with Crippen molar-refractivity contribution < 1.29 is 13.5 Å². The number of methoxy groups -OCH3 is 1. The van der Waals surface area contributed by atoms with Crippen molar-refractivity contribution in [3.05, 3.63) is 29.3 Å². The van der Waals surface area contributed by atoms with Gasteiger partial charge in [-0.25, -0.2) is 8.78 Å². The lowest BCUT2D eigenvalue weighted by atomic mass is 10.2. The van der Waals surface area contributed by atoms with Gasteiger partial charge >= 0.3 is 0 Å². The van der Waals surface area contributed by atoms with Crippen LogP contribution in [0.3, 0.4) is 0 Å².